The number of piperidine rings is 2. The van der Waals surface area contributed by atoms with Crippen molar-refractivity contribution >= 4 is 5.78 Å². The first kappa shape index (κ1) is 10.8. The zero-order chi connectivity index (χ0) is 11.1. The van der Waals surface area contributed by atoms with Crippen LogP contribution >= 0.6 is 0 Å². The van der Waals surface area contributed by atoms with E-state index in [2.05, 4.69) is 11.8 Å². The fourth-order valence-corrected chi connectivity index (χ4v) is 3.89. The van der Waals surface area contributed by atoms with Crippen LogP contribution in [0.1, 0.15) is 58.3 Å². The molecular weight excluding hydrogens is 198 g/mol. The highest BCUT2D eigenvalue weighted by molar-refractivity contribution is 5.80. The largest absolute Gasteiger partial charge is 0.300 e. The molecule has 2 bridgehead atoms. The second-order valence-corrected chi connectivity index (χ2v) is 6.16. The van der Waals surface area contributed by atoms with E-state index in [9.17, 15) is 4.79 Å². The molecule has 2 aliphatic heterocycles. The van der Waals surface area contributed by atoms with Crippen molar-refractivity contribution in [3.8, 4) is 0 Å². The minimum absolute atomic E-state index is 0.518. The fourth-order valence-electron chi connectivity index (χ4n) is 3.89. The Labute approximate surface area is 98.4 Å². The van der Waals surface area contributed by atoms with E-state index < -0.39 is 0 Å². The van der Waals surface area contributed by atoms with Crippen LogP contribution in [-0.4, -0.2) is 28.8 Å². The van der Waals surface area contributed by atoms with Gasteiger partial charge in [0.25, 0.3) is 0 Å². The van der Waals surface area contributed by atoms with Crippen LogP contribution in [-0.2, 0) is 4.79 Å². The lowest BCUT2D eigenvalue weighted by Gasteiger charge is -2.48. The van der Waals surface area contributed by atoms with Gasteiger partial charge in [-0.2, -0.15) is 0 Å². The first-order chi connectivity index (χ1) is 7.74. The average molecular weight is 221 g/mol. The van der Waals surface area contributed by atoms with Crippen molar-refractivity contribution in [2.45, 2.75) is 76.4 Å². The van der Waals surface area contributed by atoms with E-state index in [0.717, 1.165) is 24.8 Å². The van der Waals surface area contributed by atoms with Gasteiger partial charge >= 0.3 is 0 Å². The molecule has 2 heteroatoms. The Morgan fingerprint density at radius 1 is 1.19 bits per heavy atom. The third kappa shape index (κ3) is 2.04. The van der Waals surface area contributed by atoms with Crippen LogP contribution < -0.4 is 0 Å². The predicted molar refractivity (Wildman–Crippen MR) is 64.3 cm³/mol. The molecule has 3 unspecified atom stereocenters. The van der Waals surface area contributed by atoms with Crippen LogP contribution in [0.5, 0.6) is 0 Å². The Morgan fingerprint density at radius 3 is 2.38 bits per heavy atom. The monoisotopic (exact) mass is 221 g/mol. The molecule has 2 heterocycles. The lowest BCUT2D eigenvalue weighted by Crippen LogP contribution is -2.55. The molecule has 0 aromatic carbocycles. The van der Waals surface area contributed by atoms with E-state index in [-0.39, 0.29) is 0 Å². The summed E-state index contributed by atoms with van der Waals surface area (Å²) < 4.78 is 0. The maximum Gasteiger partial charge on any atom is 0.136 e. The fraction of sp³-hybridized carbons (Fsp3) is 0.929. The first-order valence-corrected chi connectivity index (χ1v) is 7.03. The quantitative estimate of drug-likeness (QED) is 0.730. The van der Waals surface area contributed by atoms with Crippen LogP contribution in [0.2, 0.25) is 0 Å². The van der Waals surface area contributed by atoms with Crippen LogP contribution in [0.3, 0.4) is 0 Å². The summed E-state index contributed by atoms with van der Waals surface area (Å²) in [5.41, 5.74) is 0. The summed E-state index contributed by atoms with van der Waals surface area (Å²) in [5, 5.41) is 0. The van der Waals surface area contributed by atoms with E-state index in [1.54, 1.807) is 0 Å². The third-order valence-corrected chi connectivity index (χ3v) is 4.72. The summed E-state index contributed by atoms with van der Waals surface area (Å²) >= 11 is 0. The van der Waals surface area contributed by atoms with Crippen molar-refractivity contribution < 1.29 is 4.79 Å². The molecule has 3 fully saturated rings. The van der Waals surface area contributed by atoms with Gasteiger partial charge in [-0.05, 0) is 32.1 Å². The lowest BCUT2D eigenvalue weighted by molar-refractivity contribution is -0.128. The number of hydrogen-bond donors (Lipinski definition) is 0. The molecule has 0 spiro atoms. The van der Waals surface area contributed by atoms with Crippen LogP contribution in [0.25, 0.3) is 0 Å². The SMILES string of the molecule is CC(CC1CC1)N1C2CCCC1CC(=O)C2. The molecule has 1 saturated carbocycles. The third-order valence-electron chi connectivity index (χ3n) is 4.72. The van der Waals surface area contributed by atoms with Gasteiger partial charge < -0.3 is 0 Å². The zero-order valence-corrected chi connectivity index (χ0v) is 10.3. The summed E-state index contributed by atoms with van der Waals surface area (Å²) in [6.45, 7) is 2.39. The highest BCUT2D eigenvalue weighted by Crippen LogP contribution is 2.39. The maximum absolute atomic E-state index is 11.7. The van der Waals surface area contributed by atoms with Gasteiger partial charge in [-0.1, -0.05) is 19.3 Å². The minimum atomic E-state index is 0.518. The second kappa shape index (κ2) is 4.14. The number of Topliss-reactive ketones (excluding diaryl/α,β-unsaturated/α-hetero) is 1. The number of ketones is 1. The molecule has 2 nitrogen and oxygen atoms in total. The van der Waals surface area contributed by atoms with E-state index >= 15 is 0 Å². The Bertz CT molecular complexity index is 268. The van der Waals surface area contributed by atoms with Crippen molar-refractivity contribution in [1.82, 2.24) is 4.90 Å². The maximum atomic E-state index is 11.7. The van der Waals surface area contributed by atoms with Gasteiger partial charge in [0.15, 0.2) is 0 Å². The highest BCUT2D eigenvalue weighted by atomic mass is 16.1. The van der Waals surface area contributed by atoms with Crippen molar-refractivity contribution in [1.29, 1.82) is 0 Å². The summed E-state index contributed by atoms with van der Waals surface area (Å²) in [4.78, 5) is 14.4. The molecule has 2 saturated heterocycles. The molecule has 3 aliphatic rings. The van der Waals surface area contributed by atoms with Crippen molar-refractivity contribution in [3.63, 3.8) is 0 Å². The topological polar surface area (TPSA) is 20.3 Å². The van der Waals surface area contributed by atoms with E-state index in [1.807, 2.05) is 0 Å². The second-order valence-electron chi connectivity index (χ2n) is 6.16. The molecular formula is C14H23NO. The van der Waals surface area contributed by atoms with Gasteiger partial charge in [-0.25, -0.2) is 0 Å². The summed E-state index contributed by atoms with van der Waals surface area (Å²) in [5.74, 6) is 1.53. The molecule has 90 valence electrons. The van der Waals surface area contributed by atoms with E-state index in [0.29, 0.717) is 17.9 Å². The van der Waals surface area contributed by atoms with Gasteiger partial charge in [0.2, 0.25) is 0 Å². The van der Waals surface area contributed by atoms with Gasteiger partial charge in [0, 0.05) is 31.0 Å². The molecule has 3 rings (SSSR count). The number of hydrogen-bond acceptors (Lipinski definition) is 2. The number of carbonyl (C=O) groups is 1. The number of rotatable bonds is 3. The Kier molecular flexibility index (Phi) is 2.78. The smallest absolute Gasteiger partial charge is 0.136 e. The first-order valence-electron chi connectivity index (χ1n) is 7.03. The van der Waals surface area contributed by atoms with Crippen LogP contribution in [0.4, 0.5) is 0 Å². The van der Waals surface area contributed by atoms with E-state index in [4.69, 9.17) is 0 Å². The summed E-state index contributed by atoms with van der Waals surface area (Å²) in [7, 11) is 0. The van der Waals surface area contributed by atoms with Gasteiger partial charge in [-0.3, -0.25) is 9.69 Å². The Morgan fingerprint density at radius 2 is 1.81 bits per heavy atom. The average Bonchev–Trinajstić information content (AvgIpc) is 2.99. The zero-order valence-electron chi connectivity index (χ0n) is 10.3. The standard InChI is InChI=1S/C14H23NO/c1-10(7-11-5-6-11)15-12-3-2-4-13(15)9-14(16)8-12/h10-13H,2-9H2,1H3. The van der Waals surface area contributed by atoms with Crippen LogP contribution in [0, 0.1) is 5.92 Å². The van der Waals surface area contributed by atoms with Gasteiger partial charge in [0.05, 0.1) is 0 Å². The Balaban J connectivity index is 1.69. The summed E-state index contributed by atoms with van der Waals surface area (Å²) in [6.07, 6.45) is 9.82. The molecule has 0 aromatic rings. The molecule has 0 radical (unpaired) electrons. The number of carbonyl (C=O) groups excluding carboxylic acids is 1. The molecule has 0 amide bonds. The van der Waals surface area contributed by atoms with Crippen LogP contribution in [0.15, 0.2) is 0 Å². The van der Waals surface area contributed by atoms with E-state index in [1.165, 1.54) is 38.5 Å². The van der Waals surface area contributed by atoms with Crippen molar-refractivity contribution in [3.05, 3.63) is 0 Å². The molecule has 0 N–H and O–H groups in total. The predicted octanol–water partition coefficient (Wildman–Crippen LogP) is 2.76. The van der Waals surface area contributed by atoms with Gasteiger partial charge in [0.1, 0.15) is 5.78 Å². The molecule has 3 atom stereocenters. The lowest BCUT2D eigenvalue weighted by atomic mass is 9.82. The molecule has 0 aromatic heterocycles. The minimum Gasteiger partial charge on any atom is -0.300 e. The molecule has 1 aliphatic carbocycles. The normalized spacial score (nSPS) is 37.4. The molecule has 16 heavy (non-hydrogen) atoms. The van der Waals surface area contributed by atoms with Gasteiger partial charge in [-0.15, -0.1) is 0 Å². The van der Waals surface area contributed by atoms with Crippen molar-refractivity contribution in [2.75, 3.05) is 0 Å². The summed E-state index contributed by atoms with van der Waals surface area (Å²) in [6, 6.07) is 1.90. The number of fused-ring (bicyclic) bond motifs is 2. The number of nitrogens with zero attached hydrogens (tertiary/aromatic N) is 1. The van der Waals surface area contributed by atoms with Crippen molar-refractivity contribution in [2.24, 2.45) is 5.92 Å². The highest BCUT2D eigenvalue weighted by Gasteiger charge is 2.40. The Hall–Kier alpha value is -0.370.